The topological polar surface area (TPSA) is 16.4 Å². The molecule has 0 saturated heterocycles. The summed E-state index contributed by atoms with van der Waals surface area (Å²) in [6.45, 7) is 0. The van der Waals surface area contributed by atoms with Crippen molar-refractivity contribution < 1.29 is 4.42 Å². The lowest BCUT2D eigenvalue weighted by molar-refractivity contribution is 0.674. The summed E-state index contributed by atoms with van der Waals surface area (Å²) in [7, 11) is 0. The van der Waals surface area contributed by atoms with E-state index in [4.69, 9.17) is 4.42 Å². The third-order valence-corrected chi connectivity index (χ3v) is 12.2. The van der Waals surface area contributed by atoms with Gasteiger partial charge in [0, 0.05) is 53.6 Å². The van der Waals surface area contributed by atoms with Crippen molar-refractivity contribution in [2.75, 3.05) is 4.90 Å². The molecule has 2 heterocycles. The number of hydrogen-bond donors (Lipinski definition) is 0. The van der Waals surface area contributed by atoms with Gasteiger partial charge in [0.05, 0.1) is 0 Å². The molecule has 11 rings (SSSR count). The number of rotatable bonds is 7. The second-order valence-corrected chi connectivity index (χ2v) is 15.6. The van der Waals surface area contributed by atoms with Crippen LogP contribution in [0.3, 0.4) is 0 Å². The van der Waals surface area contributed by atoms with Crippen LogP contribution in [0.4, 0.5) is 17.1 Å². The summed E-state index contributed by atoms with van der Waals surface area (Å²) in [6.07, 6.45) is 0. The number of benzene rings is 9. The number of anilines is 3. The van der Waals surface area contributed by atoms with Gasteiger partial charge >= 0.3 is 0 Å². The van der Waals surface area contributed by atoms with E-state index in [1.165, 1.54) is 42.4 Å². The molecule has 0 fully saturated rings. The van der Waals surface area contributed by atoms with Crippen LogP contribution in [0.15, 0.2) is 217 Å². The number of para-hydroxylation sites is 1. The van der Waals surface area contributed by atoms with Crippen molar-refractivity contribution in [2.45, 2.75) is 0 Å². The summed E-state index contributed by atoms with van der Waals surface area (Å²) in [5.74, 6) is 0. The standard InChI is InChI=1S/C54H35NOS/c1-3-12-36(13-4-1)38-24-28-43(29-25-38)55(44-30-26-39(27-31-44)37-14-5-2-6-15-37)45-19-10-17-41(35-45)40-16-9-18-42(34-40)46-21-11-22-47-48-32-33-51-52(54(48)56-53(46)47)49-20-7-8-23-50(49)57-51/h1-35H. The van der Waals surface area contributed by atoms with Crippen LogP contribution in [0.25, 0.3) is 86.6 Å². The molecule has 0 spiro atoms. The smallest absolute Gasteiger partial charge is 0.144 e. The van der Waals surface area contributed by atoms with Crippen molar-refractivity contribution >= 4 is 70.5 Å². The largest absolute Gasteiger partial charge is 0.455 e. The highest BCUT2D eigenvalue weighted by Gasteiger charge is 2.18. The molecular formula is C54H35NOS. The fourth-order valence-electron chi connectivity index (χ4n) is 8.30. The van der Waals surface area contributed by atoms with Crippen molar-refractivity contribution in [3.05, 3.63) is 212 Å². The molecule has 0 aliphatic carbocycles. The minimum atomic E-state index is 0.922. The summed E-state index contributed by atoms with van der Waals surface area (Å²) >= 11 is 1.82. The third kappa shape index (κ3) is 5.88. The molecule has 57 heavy (non-hydrogen) atoms. The van der Waals surface area contributed by atoms with Gasteiger partial charge in [0.1, 0.15) is 11.2 Å². The molecule has 0 aliphatic rings. The first kappa shape index (κ1) is 33.2. The molecule has 0 saturated carbocycles. The van der Waals surface area contributed by atoms with Crippen molar-refractivity contribution in [1.82, 2.24) is 0 Å². The van der Waals surface area contributed by atoms with E-state index in [0.29, 0.717) is 0 Å². The van der Waals surface area contributed by atoms with Gasteiger partial charge in [0.2, 0.25) is 0 Å². The van der Waals surface area contributed by atoms with E-state index in [9.17, 15) is 0 Å². The Kier molecular flexibility index (Phi) is 8.04. The molecule has 268 valence electrons. The van der Waals surface area contributed by atoms with Crippen molar-refractivity contribution in [1.29, 1.82) is 0 Å². The van der Waals surface area contributed by atoms with E-state index in [0.717, 1.165) is 61.3 Å². The van der Waals surface area contributed by atoms with Gasteiger partial charge in [-0.15, -0.1) is 11.3 Å². The minimum absolute atomic E-state index is 0.922. The van der Waals surface area contributed by atoms with Gasteiger partial charge < -0.3 is 9.32 Å². The Labute approximate surface area is 335 Å². The van der Waals surface area contributed by atoms with Gasteiger partial charge in [-0.1, -0.05) is 152 Å². The average molecular weight is 746 g/mol. The van der Waals surface area contributed by atoms with Crippen molar-refractivity contribution in [3.63, 3.8) is 0 Å². The molecule has 0 radical (unpaired) electrons. The predicted octanol–water partition coefficient (Wildman–Crippen LogP) is 16.1. The molecule has 0 bridgehead atoms. The van der Waals surface area contributed by atoms with Crippen LogP contribution in [0.2, 0.25) is 0 Å². The second-order valence-electron chi connectivity index (χ2n) is 14.5. The summed E-state index contributed by atoms with van der Waals surface area (Å²) in [5, 5.41) is 4.74. The molecule has 0 N–H and O–H groups in total. The van der Waals surface area contributed by atoms with Crippen LogP contribution >= 0.6 is 11.3 Å². The van der Waals surface area contributed by atoms with Gasteiger partial charge in [-0.25, -0.2) is 0 Å². The number of fused-ring (bicyclic) bond motifs is 7. The predicted molar refractivity (Wildman–Crippen MR) is 243 cm³/mol. The first-order chi connectivity index (χ1) is 28.2. The van der Waals surface area contributed by atoms with Crippen molar-refractivity contribution in [3.8, 4) is 44.5 Å². The van der Waals surface area contributed by atoms with E-state index in [1.54, 1.807) is 0 Å². The first-order valence-electron chi connectivity index (χ1n) is 19.3. The molecular weight excluding hydrogens is 711 g/mol. The van der Waals surface area contributed by atoms with Gasteiger partial charge in [0.25, 0.3) is 0 Å². The van der Waals surface area contributed by atoms with E-state index < -0.39 is 0 Å². The average Bonchev–Trinajstić information content (AvgIpc) is 3.86. The number of thiophene rings is 1. The lowest BCUT2D eigenvalue weighted by Crippen LogP contribution is -2.10. The molecule has 0 unspecified atom stereocenters. The Hall–Kier alpha value is -7.20. The Morgan fingerprint density at radius 2 is 0.842 bits per heavy atom. The Bertz CT molecular complexity index is 3130. The lowest BCUT2D eigenvalue weighted by Gasteiger charge is -2.26. The van der Waals surface area contributed by atoms with Crippen LogP contribution in [-0.4, -0.2) is 0 Å². The summed E-state index contributed by atoms with van der Waals surface area (Å²) in [4.78, 5) is 2.35. The number of hydrogen-bond acceptors (Lipinski definition) is 3. The zero-order chi connectivity index (χ0) is 37.7. The Morgan fingerprint density at radius 3 is 1.54 bits per heavy atom. The van der Waals surface area contributed by atoms with Crippen LogP contribution < -0.4 is 4.90 Å². The molecule has 0 amide bonds. The highest BCUT2D eigenvalue weighted by Crippen LogP contribution is 2.44. The minimum Gasteiger partial charge on any atom is -0.455 e. The first-order valence-corrected chi connectivity index (χ1v) is 20.1. The molecule has 3 heteroatoms. The van der Waals surface area contributed by atoms with E-state index in [-0.39, 0.29) is 0 Å². The summed E-state index contributed by atoms with van der Waals surface area (Å²) < 4.78 is 9.41. The lowest BCUT2D eigenvalue weighted by atomic mass is 9.97. The Balaban J connectivity index is 0.999. The van der Waals surface area contributed by atoms with Crippen LogP contribution in [0, 0.1) is 0 Å². The van der Waals surface area contributed by atoms with Gasteiger partial charge in [-0.2, -0.15) is 0 Å². The van der Waals surface area contributed by atoms with Gasteiger partial charge in [0.15, 0.2) is 0 Å². The third-order valence-electron chi connectivity index (χ3n) is 11.1. The second kappa shape index (κ2) is 13.8. The quantitative estimate of drug-likeness (QED) is 0.162. The summed E-state index contributed by atoms with van der Waals surface area (Å²) in [5.41, 5.74) is 14.5. The van der Waals surface area contributed by atoms with Crippen LogP contribution in [0.1, 0.15) is 0 Å². The Morgan fingerprint density at radius 1 is 0.316 bits per heavy atom. The fraction of sp³-hybridized carbons (Fsp3) is 0. The van der Waals surface area contributed by atoms with E-state index in [2.05, 4.69) is 217 Å². The number of nitrogens with zero attached hydrogens (tertiary/aromatic N) is 1. The van der Waals surface area contributed by atoms with E-state index in [1.807, 2.05) is 11.3 Å². The highest BCUT2D eigenvalue weighted by atomic mass is 32.1. The molecule has 9 aromatic carbocycles. The van der Waals surface area contributed by atoms with Crippen LogP contribution in [-0.2, 0) is 0 Å². The van der Waals surface area contributed by atoms with Crippen molar-refractivity contribution in [2.24, 2.45) is 0 Å². The molecule has 2 nitrogen and oxygen atoms in total. The van der Waals surface area contributed by atoms with Gasteiger partial charge in [-0.3, -0.25) is 0 Å². The summed E-state index contributed by atoms with van der Waals surface area (Å²) in [6, 6.07) is 76.2. The maximum absolute atomic E-state index is 6.89. The maximum atomic E-state index is 6.89. The number of furan rings is 1. The SMILES string of the molecule is c1ccc(-c2ccc(N(c3ccc(-c4ccccc4)cc3)c3cccc(-c4cccc(-c5cccc6c5oc5c6ccc6sc7ccccc7c65)c4)c3)cc2)cc1. The monoisotopic (exact) mass is 745 g/mol. The van der Waals surface area contributed by atoms with Gasteiger partial charge in [-0.05, 0) is 99.6 Å². The molecule has 2 aromatic heterocycles. The maximum Gasteiger partial charge on any atom is 0.144 e. The zero-order valence-corrected chi connectivity index (χ0v) is 31.8. The van der Waals surface area contributed by atoms with E-state index >= 15 is 0 Å². The van der Waals surface area contributed by atoms with Crippen LogP contribution in [0.5, 0.6) is 0 Å². The molecule has 0 atom stereocenters. The molecule has 0 aliphatic heterocycles. The molecule has 11 aromatic rings. The fourth-order valence-corrected chi connectivity index (χ4v) is 9.40. The normalized spacial score (nSPS) is 11.5. The highest BCUT2D eigenvalue weighted by molar-refractivity contribution is 7.26. The zero-order valence-electron chi connectivity index (χ0n) is 31.0.